The van der Waals surface area contributed by atoms with E-state index in [-0.39, 0.29) is 5.56 Å². The first-order valence-corrected chi connectivity index (χ1v) is 5.25. The summed E-state index contributed by atoms with van der Waals surface area (Å²) in [6, 6.07) is 2.71. The Labute approximate surface area is 93.8 Å². The molecule has 0 bridgehead atoms. The van der Waals surface area contributed by atoms with Crippen molar-refractivity contribution in [3.05, 3.63) is 46.3 Å². The fourth-order valence-corrected chi connectivity index (χ4v) is 1.61. The number of thiazole rings is 1. The number of aromatic nitrogens is 1. The predicted octanol–water partition coefficient (Wildman–Crippen LogP) is 2.67. The normalized spacial score (nSPS) is 10.1. The molecule has 0 unspecified atom stereocenters. The summed E-state index contributed by atoms with van der Waals surface area (Å²) in [5.41, 5.74) is 1.19. The molecule has 6 heteroatoms. The average molecular weight is 240 g/mol. The number of nitrogens with one attached hydrogen (secondary N) is 1. The van der Waals surface area contributed by atoms with Gasteiger partial charge in [-0.3, -0.25) is 4.79 Å². The first-order chi connectivity index (χ1) is 7.66. The van der Waals surface area contributed by atoms with E-state index in [9.17, 15) is 13.6 Å². The SMILES string of the molecule is O=C(Nc1cscn1)c1cc(F)ccc1F. The molecule has 0 aliphatic heterocycles. The van der Waals surface area contributed by atoms with E-state index in [1.165, 1.54) is 16.8 Å². The van der Waals surface area contributed by atoms with Crippen molar-refractivity contribution in [2.45, 2.75) is 0 Å². The van der Waals surface area contributed by atoms with Crippen LogP contribution in [-0.4, -0.2) is 10.9 Å². The zero-order valence-corrected chi connectivity index (χ0v) is 8.72. The van der Waals surface area contributed by atoms with Gasteiger partial charge in [0.05, 0.1) is 11.1 Å². The molecular formula is C10H6F2N2OS. The zero-order chi connectivity index (χ0) is 11.5. The van der Waals surface area contributed by atoms with Crippen LogP contribution in [0.2, 0.25) is 0 Å². The van der Waals surface area contributed by atoms with Gasteiger partial charge in [0, 0.05) is 5.38 Å². The van der Waals surface area contributed by atoms with Crippen LogP contribution < -0.4 is 5.32 Å². The molecule has 1 N–H and O–H groups in total. The number of rotatable bonds is 2. The molecule has 16 heavy (non-hydrogen) atoms. The maximum Gasteiger partial charge on any atom is 0.259 e. The van der Waals surface area contributed by atoms with Crippen LogP contribution in [0.25, 0.3) is 0 Å². The summed E-state index contributed by atoms with van der Waals surface area (Å²) in [7, 11) is 0. The first-order valence-electron chi connectivity index (χ1n) is 4.31. The van der Waals surface area contributed by atoms with Crippen molar-refractivity contribution in [3.63, 3.8) is 0 Å². The number of hydrogen-bond donors (Lipinski definition) is 1. The van der Waals surface area contributed by atoms with E-state index in [4.69, 9.17) is 0 Å². The third kappa shape index (κ3) is 2.22. The topological polar surface area (TPSA) is 42.0 Å². The predicted molar refractivity (Wildman–Crippen MR) is 56.4 cm³/mol. The summed E-state index contributed by atoms with van der Waals surface area (Å²) >= 11 is 1.29. The van der Waals surface area contributed by atoms with Crippen molar-refractivity contribution in [1.29, 1.82) is 0 Å². The second-order valence-electron chi connectivity index (χ2n) is 2.95. The van der Waals surface area contributed by atoms with E-state index >= 15 is 0 Å². The van der Waals surface area contributed by atoms with Gasteiger partial charge < -0.3 is 5.32 Å². The minimum absolute atomic E-state index is 0.318. The number of anilines is 1. The van der Waals surface area contributed by atoms with Crippen LogP contribution in [0, 0.1) is 11.6 Å². The second kappa shape index (κ2) is 4.36. The maximum atomic E-state index is 13.2. The van der Waals surface area contributed by atoms with Gasteiger partial charge in [-0.25, -0.2) is 13.8 Å². The Kier molecular flexibility index (Phi) is 2.91. The van der Waals surface area contributed by atoms with Crippen LogP contribution in [0.1, 0.15) is 10.4 Å². The number of hydrogen-bond acceptors (Lipinski definition) is 3. The fraction of sp³-hybridized carbons (Fsp3) is 0. The third-order valence-electron chi connectivity index (χ3n) is 1.85. The molecule has 3 nitrogen and oxygen atoms in total. The van der Waals surface area contributed by atoms with Crippen LogP contribution >= 0.6 is 11.3 Å². The molecule has 1 aromatic heterocycles. The Morgan fingerprint density at radius 1 is 1.38 bits per heavy atom. The Hall–Kier alpha value is -1.82. The third-order valence-corrected chi connectivity index (χ3v) is 2.43. The Balaban J connectivity index is 2.24. The number of amides is 1. The summed E-state index contributed by atoms with van der Waals surface area (Å²) in [6.45, 7) is 0. The van der Waals surface area contributed by atoms with Gasteiger partial charge in [-0.05, 0) is 18.2 Å². The molecule has 1 aromatic carbocycles. The van der Waals surface area contributed by atoms with Crippen molar-refractivity contribution in [1.82, 2.24) is 4.98 Å². The number of benzene rings is 1. The molecule has 0 saturated carbocycles. The lowest BCUT2D eigenvalue weighted by Gasteiger charge is -2.03. The van der Waals surface area contributed by atoms with Crippen molar-refractivity contribution >= 4 is 23.1 Å². The fourth-order valence-electron chi connectivity index (χ4n) is 1.13. The lowest BCUT2D eigenvalue weighted by Crippen LogP contribution is -2.14. The Bertz CT molecular complexity index is 514. The Morgan fingerprint density at radius 2 is 2.19 bits per heavy atom. The molecular weight excluding hydrogens is 234 g/mol. The molecule has 2 rings (SSSR count). The van der Waals surface area contributed by atoms with E-state index in [0.29, 0.717) is 5.82 Å². The van der Waals surface area contributed by atoms with Gasteiger partial charge in [0.1, 0.15) is 17.5 Å². The molecule has 82 valence electrons. The van der Waals surface area contributed by atoms with E-state index in [1.807, 2.05) is 0 Å². The van der Waals surface area contributed by atoms with Crippen molar-refractivity contribution < 1.29 is 13.6 Å². The molecule has 1 heterocycles. The van der Waals surface area contributed by atoms with Crippen LogP contribution in [0.5, 0.6) is 0 Å². The maximum absolute atomic E-state index is 13.2. The van der Waals surface area contributed by atoms with E-state index in [0.717, 1.165) is 18.2 Å². The number of nitrogens with zero attached hydrogens (tertiary/aromatic N) is 1. The lowest BCUT2D eigenvalue weighted by molar-refractivity contribution is 0.102. The number of halogens is 2. The molecule has 0 atom stereocenters. The van der Waals surface area contributed by atoms with Crippen LogP contribution in [0.15, 0.2) is 29.1 Å². The summed E-state index contributed by atoms with van der Waals surface area (Å²) in [5.74, 6) is -1.83. The zero-order valence-electron chi connectivity index (χ0n) is 7.91. The minimum Gasteiger partial charge on any atom is -0.306 e. The van der Waals surface area contributed by atoms with Gasteiger partial charge in [-0.1, -0.05) is 0 Å². The van der Waals surface area contributed by atoms with Gasteiger partial charge in [0.15, 0.2) is 0 Å². The van der Waals surface area contributed by atoms with Gasteiger partial charge in [-0.15, -0.1) is 11.3 Å². The molecule has 0 fully saturated rings. The van der Waals surface area contributed by atoms with Crippen LogP contribution in [-0.2, 0) is 0 Å². The van der Waals surface area contributed by atoms with Crippen LogP contribution in [0.3, 0.4) is 0 Å². The number of carbonyl (C=O) groups is 1. The summed E-state index contributed by atoms with van der Waals surface area (Å²) in [5, 5.41) is 3.95. The average Bonchev–Trinajstić information content (AvgIpc) is 2.74. The number of carbonyl (C=O) groups excluding carboxylic acids is 1. The summed E-state index contributed by atoms with van der Waals surface area (Å²) < 4.78 is 26.0. The van der Waals surface area contributed by atoms with Crippen LogP contribution in [0.4, 0.5) is 14.6 Å². The molecule has 1 amide bonds. The van der Waals surface area contributed by atoms with Gasteiger partial charge in [0.25, 0.3) is 5.91 Å². The highest BCUT2D eigenvalue weighted by Crippen LogP contribution is 2.13. The lowest BCUT2D eigenvalue weighted by atomic mass is 10.2. The molecule has 0 aliphatic rings. The highest BCUT2D eigenvalue weighted by Gasteiger charge is 2.13. The highest BCUT2D eigenvalue weighted by atomic mass is 32.1. The van der Waals surface area contributed by atoms with E-state index in [2.05, 4.69) is 10.3 Å². The molecule has 0 saturated heterocycles. The summed E-state index contributed by atoms with van der Waals surface area (Å²) in [4.78, 5) is 15.3. The highest BCUT2D eigenvalue weighted by molar-refractivity contribution is 7.07. The summed E-state index contributed by atoms with van der Waals surface area (Å²) in [6.07, 6.45) is 0. The Morgan fingerprint density at radius 3 is 2.88 bits per heavy atom. The van der Waals surface area contributed by atoms with Crippen molar-refractivity contribution in [3.8, 4) is 0 Å². The van der Waals surface area contributed by atoms with E-state index < -0.39 is 17.5 Å². The quantitative estimate of drug-likeness (QED) is 0.876. The van der Waals surface area contributed by atoms with Crippen molar-refractivity contribution in [2.75, 3.05) is 5.32 Å². The van der Waals surface area contributed by atoms with Gasteiger partial charge >= 0.3 is 0 Å². The van der Waals surface area contributed by atoms with Gasteiger partial charge in [0.2, 0.25) is 0 Å². The largest absolute Gasteiger partial charge is 0.306 e. The van der Waals surface area contributed by atoms with E-state index in [1.54, 1.807) is 5.38 Å². The molecule has 0 radical (unpaired) electrons. The molecule has 0 spiro atoms. The van der Waals surface area contributed by atoms with Crippen molar-refractivity contribution in [2.24, 2.45) is 0 Å². The standard InChI is InChI=1S/C10H6F2N2OS/c11-6-1-2-8(12)7(3-6)10(15)14-9-4-16-5-13-9/h1-5H,(H,14,15). The monoisotopic (exact) mass is 240 g/mol. The molecule has 0 aliphatic carbocycles. The minimum atomic E-state index is -0.769. The smallest absolute Gasteiger partial charge is 0.259 e. The van der Waals surface area contributed by atoms with Gasteiger partial charge in [-0.2, -0.15) is 0 Å². The second-order valence-corrected chi connectivity index (χ2v) is 3.67. The first kappa shape index (κ1) is 10.7. The molecule has 2 aromatic rings.